The van der Waals surface area contributed by atoms with E-state index in [1.807, 2.05) is 91.0 Å². The van der Waals surface area contributed by atoms with Gasteiger partial charge in [0.15, 0.2) is 6.23 Å². The van der Waals surface area contributed by atoms with Gasteiger partial charge in [-0.1, -0.05) is 91.0 Å². The van der Waals surface area contributed by atoms with Crippen molar-refractivity contribution in [1.82, 2.24) is 31.3 Å². The molecule has 8 rings (SSSR count). The number of methoxy groups -OCH3 is 2. The van der Waals surface area contributed by atoms with Gasteiger partial charge < -0.3 is 24.1 Å². The molecule has 0 unspecified atom stereocenters. The van der Waals surface area contributed by atoms with Gasteiger partial charge in [-0.3, -0.25) is 40.9 Å². The molecule has 2 amide bonds. The van der Waals surface area contributed by atoms with E-state index in [9.17, 15) is 14.7 Å². The molecular weight excluding hydrogens is 863 g/mol. The summed E-state index contributed by atoms with van der Waals surface area (Å²) in [6.07, 6.45) is -0.304. The van der Waals surface area contributed by atoms with Crippen molar-refractivity contribution in [3.63, 3.8) is 0 Å². The molecule has 0 spiro atoms. The Morgan fingerprint density at radius 1 is 0.763 bits per heavy atom. The molecule has 59 heavy (non-hydrogen) atoms. The predicted octanol–water partition coefficient (Wildman–Crippen LogP) is 6.02. The van der Waals surface area contributed by atoms with E-state index >= 15 is 0 Å². The van der Waals surface area contributed by atoms with Gasteiger partial charge in [0.05, 0.1) is 33.1 Å². The van der Waals surface area contributed by atoms with Crippen LogP contribution in [0.5, 0.6) is 11.5 Å². The quantitative estimate of drug-likeness (QED) is 0.0628. The lowest BCUT2D eigenvalue weighted by molar-refractivity contribution is -0.110. The van der Waals surface area contributed by atoms with Gasteiger partial charge in [-0.25, -0.2) is 0 Å². The molecule has 0 bridgehead atoms. The molecule has 0 radical (unpaired) electrons. The summed E-state index contributed by atoms with van der Waals surface area (Å²) in [6, 6.07) is 43.2. The Morgan fingerprint density at radius 2 is 1.27 bits per heavy atom. The number of hydrazine groups is 3. The van der Waals surface area contributed by atoms with Crippen LogP contribution in [0.15, 0.2) is 161 Å². The van der Waals surface area contributed by atoms with Crippen LogP contribution in [-0.4, -0.2) is 77.9 Å². The highest BCUT2D eigenvalue weighted by atomic mass is 127. The fraction of sp³-hybridized carbons (Fsp3) is 0.200. The highest BCUT2D eigenvalue weighted by Crippen LogP contribution is 2.43. The van der Waals surface area contributed by atoms with E-state index < -0.39 is 24.0 Å². The van der Waals surface area contributed by atoms with Gasteiger partial charge in [0.2, 0.25) is 0 Å². The number of aliphatic hydroxyl groups excluding tert-OH is 1. The highest BCUT2D eigenvalue weighted by Gasteiger charge is 2.46. The summed E-state index contributed by atoms with van der Waals surface area (Å²) in [5, 5.41) is 16.7. The largest absolute Gasteiger partial charge is 0.497 e. The van der Waals surface area contributed by atoms with Crippen molar-refractivity contribution in [2.75, 3.05) is 27.5 Å². The summed E-state index contributed by atoms with van der Waals surface area (Å²) in [4.78, 5) is 26.8. The second-order valence-corrected chi connectivity index (χ2v) is 15.1. The SMILES string of the molecule is COc1ccc(C(OC[C@H]2O[C@@H](N3NC(I)=C4C3=CN(NC(=O)c3ccccc3)CN4NC(=O)c3ccccc3)C[C@@H]2O)(c2ccccc2)c2ccc(OC)cc2)cc1. The first-order chi connectivity index (χ1) is 28.8. The number of ether oxygens (including phenoxy) is 4. The summed E-state index contributed by atoms with van der Waals surface area (Å²) in [6.45, 7) is 0.119. The van der Waals surface area contributed by atoms with E-state index in [2.05, 4.69) is 38.9 Å². The summed E-state index contributed by atoms with van der Waals surface area (Å²) < 4.78 is 25.5. The van der Waals surface area contributed by atoms with Crippen molar-refractivity contribution in [2.24, 2.45) is 0 Å². The van der Waals surface area contributed by atoms with Crippen LogP contribution in [0.2, 0.25) is 0 Å². The van der Waals surface area contributed by atoms with Crippen molar-refractivity contribution >= 4 is 34.4 Å². The molecule has 14 heteroatoms. The van der Waals surface area contributed by atoms with Crippen LogP contribution in [0.25, 0.3) is 0 Å². The topological polar surface area (TPSA) is 137 Å². The van der Waals surface area contributed by atoms with Gasteiger partial charge in [0.1, 0.15) is 45.0 Å². The normalized spacial score (nSPS) is 18.8. The lowest BCUT2D eigenvalue weighted by Gasteiger charge is -2.39. The number of hydrogen-bond acceptors (Lipinski definition) is 11. The number of carbonyl (C=O) groups is 2. The molecule has 13 nitrogen and oxygen atoms in total. The number of amides is 2. The third-order valence-electron chi connectivity index (χ3n) is 10.5. The molecule has 1 saturated heterocycles. The van der Waals surface area contributed by atoms with Crippen LogP contribution in [0, 0.1) is 0 Å². The number of benzene rings is 5. The van der Waals surface area contributed by atoms with Crippen LogP contribution in [-0.2, 0) is 15.1 Å². The number of fused-ring (bicyclic) bond motifs is 1. The zero-order chi connectivity index (χ0) is 40.9. The minimum Gasteiger partial charge on any atom is -0.497 e. The molecule has 302 valence electrons. The van der Waals surface area contributed by atoms with Crippen LogP contribution in [0.1, 0.15) is 43.8 Å². The fourth-order valence-electron chi connectivity index (χ4n) is 7.49. The van der Waals surface area contributed by atoms with Gasteiger partial charge in [-0.2, -0.15) is 0 Å². The summed E-state index contributed by atoms with van der Waals surface area (Å²) in [7, 11) is 3.26. The van der Waals surface area contributed by atoms with Crippen LogP contribution >= 0.6 is 22.6 Å². The van der Waals surface area contributed by atoms with Gasteiger partial charge in [0.25, 0.3) is 11.8 Å². The number of aliphatic hydroxyl groups is 1. The molecule has 5 aromatic rings. The van der Waals surface area contributed by atoms with Crippen LogP contribution < -0.4 is 25.8 Å². The number of halogens is 1. The fourth-order valence-corrected chi connectivity index (χ4v) is 8.32. The van der Waals surface area contributed by atoms with E-state index in [1.54, 1.807) is 84.0 Å². The average Bonchev–Trinajstić information content (AvgIpc) is 3.83. The Morgan fingerprint density at radius 3 is 1.81 bits per heavy atom. The zero-order valence-corrected chi connectivity index (χ0v) is 34.5. The maximum Gasteiger partial charge on any atom is 0.269 e. The Balaban J connectivity index is 1.08. The van der Waals surface area contributed by atoms with Crippen molar-refractivity contribution in [3.05, 3.63) is 189 Å². The molecule has 3 atom stereocenters. The number of hydrogen-bond donors (Lipinski definition) is 4. The van der Waals surface area contributed by atoms with Crippen molar-refractivity contribution in [1.29, 1.82) is 0 Å². The van der Waals surface area contributed by atoms with Gasteiger partial charge in [-0.15, -0.1) is 0 Å². The van der Waals surface area contributed by atoms with Crippen molar-refractivity contribution in [3.8, 4) is 11.5 Å². The van der Waals surface area contributed by atoms with Crippen molar-refractivity contribution < 1.29 is 33.6 Å². The minimum atomic E-state index is -1.11. The molecule has 0 aromatic heterocycles. The van der Waals surface area contributed by atoms with E-state index in [-0.39, 0.29) is 31.5 Å². The van der Waals surface area contributed by atoms with E-state index in [4.69, 9.17) is 18.9 Å². The van der Waals surface area contributed by atoms with E-state index in [1.165, 1.54) is 0 Å². The molecule has 0 aliphatic carbocycles. The summed E-state index contributed by atoms with van der Waals surface area (Å²) in [5.41, 5.74) is 13.1. The zero-order valence-electron chi connectivity index (χ0n) is 32.3. The van der Waals surface area contributed by atoms with Gasteiger partial charge in [0, 0.05) is 17.5 Å². The molecule has 1 fully saturated rings. The number of nitrogens with one attached hydrogen (secondary N) is 3. The Hall–Kier alpha value is -6.07. The van der Waals surface area contributed by atoms with Gasteiger partial charge >= 0.3 is 0 Å². The van der Waals surface area contributed by atoms with E-state index in [0.717, 1.165) is 16.7 Å². The predicted molar refractivity (Wildman–Crippen MR) is 228 cm³/mol. The summed E-state index contributed by atoms with van der Waals surface area (Å²) in [5.74, 6) is 0.766. The third-order valence-corrected chi connectivity index (χ3v) is 11.2. The molecular formula is C45H43IN6O7. The molecule has 3 aliphatic heterocycles. The molecule has 3 heterocycles. The second kappa shape index (κ2) is 17.4. The maximum absolute atomic E-state index is 13.5. The van der Waals surface area contributed by atoms with Crippen LogP contribution in [0.4, 0.5) is 0 Å². The average molecular weight is 907 g/mol. The maximum atomic E-state index is 13.5. The second-order valence-electron chi connectivity index (χ2n) is 14.1. The first kappa shape index (κ1) is 39.7. The lowest BCUT2D eigenvalue weighted by atomic mass is 9.80. The number of nitrogens with zero attached hydrogens (tertiary/aromatic N) is 3. The first-order valence-electron chi connectivity index (χ1n) is 19.0. The third kappa shape index (κ3) is 8.16. The monoisotopic (exact) mass is 906 g/mol. The number of carbonyl (C=O) groups excluding carboxylic acids is 2. The Bertz CT molecular complexity index is 2270. The smallest absolute Gasteiger partial charge is 0.269 e. The molecule has 5 aromatic carbocycles. The van der Waals surface area contributed by atoms with E-state index in [0.29, 0.717) is 37.7 Å². The summed E-state index contributed by atoms with van der Waals surface area (Å²) >= 11 is 2.18. The van der Waals surface area contributed by atoms with Gasteiger partial charge in [-0.05, 0) is 87.8 Å². The Kier molecular flexibility index (Phi) is 11.7. The molecule has 4 N–H and O–H groups in total. The molecule has 3 aliphatic rings. The standard InChI is InChI=1S/C45H43IN6O7/c1-56-35-22-18-33(19-23-35)45(32-16-10-5-11-17-32,34-20-24-36(57-2)25-21-34)58-28-39-38(53)26-40(59-39)52-37-27-50(48-43(54)30-12-6-3-7-13-30)29-51(41(37)42(46)47-52)49-44(55)31-14-8-4-9-15-31/h3-25,27,38-40,47,53H,26,28-29H2,1-2H3,(H,48,54)(H,49,55)/t38-,39+,40+/m0/s1. The minimum absolute atomic E-state index is 0.0212. The number of rotatable bonds is 13. The first-order valence-corrected chi connectivity index (χ1v) is 20.1. The highest BCUT2D eigenvalue weighted by molar-refractivity contribution is 14.1. The van der Waals surface area contributed by atoms with Crippen LogP contribution in [0.3, 0.4) is 0 Å². The Labute approximate surface area is 355 Å². The molecule has 0 saturated carbocycles. The van der Waals surface area contributed by atoms with Crippen molar-refractivity contribution in [2.45, 2.75) is 30.5 Å². The lowest BCUT2D eigenvalue weighted by Crippen LogP contribution is -2.55.